The smallest absolute Gasteiger partial charge is 0.408 e. The number of benzene rings is 3. The van der Waals surface area contributed by atoms with Crippen molar-refractivity contribution in [2.24, 2.45) is 15.8 Å². The summed E-state index contributed by atoms with van der Waals surface area (Å²) in [6, 6.07) is 17.6. The van der Waals surface area contributed by atoms with Crippen molar-refractivity contribution in [3.8, 4) is 22.4 Å². The topological polar surface area (TPSA) is 79.4 Å². The lowest BCUT2D eigenvalue weighted by molar-refractivity contribution is 0.0490. The molecule has 2 heterocycles. The Morgan fingerprint density at radius 1 is 0.889 bits per heavy atom. The molecular weight excluding hydrogens is 556 g/mol. The van der Waals surface area contributed by atoms with Gasteiger partial charge < -0.3 is 15.0 Å². The molecule has 4 aromatic rings. The van der Waals surface area contributed by atoms with Crippen molar-refractivity contribution in [2.45, 2.75) is 106 Å². The SMILES string of the molecule is C[C@H](c1nc2c([nH]1)CCc1cc(-c3ccc4c5c(ccc4c3)N=C([C@@H](NC(=O)OC(C)(C)C)C(C)(C)C)C5)ccc1-2)C(C)(C)C. The van der Waals surface area contributed by atoms with E-state index in [1.807, 2.05) is 20.8 Å². The number of aromatic nitrogens is 2. The molecule has 1 aromatic heterocycles. The largest absolute Gasteiger partial charge is 0.444 e. The number of rotatable bonds is 4. The second-order valence-electron chi connectivity index (χ2n) is 16.1. The van der Waals surface area contributed by atoms with Crippen molar-refractivity contribution >= 4 is 28.3 Å². The van der Waals surface area contributed by atoms with Crippen molar-refractivity contribution in [2.75, 3.05) is 0 Å². The monoisotopic (exact) mass is 604 g/mol. The Hall–Kier alpha value is -3.93. The minimum absolute atomic E-state index is 0.155. The number of H-pyrrole nitrogens is 1. The van der Waals surface area contributed by atoms with E-state index in [9.17, 15) is 4.79 Å². The van der Waals surface area contributed by atoms with Crippen LogP contribution in [0.25, 0.3) is 33.2 Å². The number of aliphatic imine (C=N–C) groups is 1. The first-order valence-corrected chi connectivity index (χ1v) is 16.3. The van der Waals surface area contributed by atoms with E-state index in [1.54, 1.807) is 0 Å². The molecule has 6 rings (SSSR count). The van der Waals surface area contributed by atoms with E-state index in [4.69, 9.17) is 14.7 Å². The fourth-order valence-corrected chi connectivity index (χ4v) is 6.54. The fraction of sp³-hybridized carbons (Fsp3) is 0.462. The van der Waals surface area contributed by atoms with Crippen LogP contribution < -0.4 is 5.32 Å². The molecule has 0 fully saturated rings. The van der Waals surface area contributed by atoms with E-state index >= 15 is 0 Å². The molecule has 236 valence electrons. The van der Waals surface area contributed by atoms with Crippen molar-refractivity contribution < 1.29 is 9.53 Å². The van der Waals surface area contributed by atoms with Gasteiger partial charge in [0.2, 0.25) is 0 Å². The van der Waals surface area contributed by atoms with Gasteiger partial charge in [0.15, 0.2) is 0 Å². The average molecular weight is 605 g/mol. The maximum Gasteiger partial charge on any atom is 0.408 e. The van der Waals surface area contributed by atoms with Crippen molar-refractivity contribution in [3.63, 3.8) is 0 Å². The Kier molecular flexibility index (Phi) is 7.49. The van der Waals surface area contributed by atoms with Crippen LogP contribution in [0.2, 0.25) is 0 Å². The highest BCUT2D eigenvalue weighted by atomic mass is 16.6. The molecule has 1 amide bonds. The first kappa shape index (κ1) is 31.1. The third-order valence-electron chi connectivity index (χ3n) is 9.43. The van der Waals surface area contributed by atoms with Gasteiger partial charge in [-0.05, 0) is 89.6 Å². The van der Waals surface area contributed by atoms with Crippen LogP contribution >= 0.6 is 0 Å². The third kappa shape index (κ3) is 6.16. The number of alkyl carbamates (subject to hydrolysis) is 1. The Morgan fingerprint density at radius 2 is 1.60 bits per heavy atom. The van der Waals surface area contributed by atoms with Gasteiger partial charge in [-0.3, -0.25) is 4.99 Å². The van der Waals surface area contributed by atoms with E-state index in [1.165, 1.54) is 44.3 Å². The van der Waals surface area contributed by atoms with Gasteiger partial charge in [-0.15, -0.1) is 0 Å². The molecule has 0 saturated carbocycles. The summed E-state index contributed by atoms with van der Waals surface area (Å²) in [4.78, 5) is 26.5. The highest BCUT2D eigenvalue weighted by Crippen LogP contribution is 2.41. The van der Waals surface area contributed by atoms with E-state index in [0.717, 1.165) is 35.8 Å². The van der Waals surface area contributed by atoms with E-state index in [0.29, 0.717) is 12.3 Å². The minimum Gasteiger partial charge on any atom is -0.444 e. The normalized spacial score (nSPS) is 16.0. The Balaban J connectivity index is 1.26. The number of amides is 1. The number of nitrogens with zero attached hydrogens (tertiary/aromatic N) is 2. The molecule has 3 aromatic carbocycles. The number of ether oxygens (including phenoxy) is 1. The van der Waals surface area contributed by atoms with Crippen LogP contribution in [0.3, 0.4) is 0 Å². The molecule has 1 aliphatic heterocycles. The number of hydrogen-bond donors (Lipinski definition) is 2. The van der Waals surface area contributed by atoms with Crippen LogP contribution in [0.5, 0.6) is 0 Å². The Bertz CT molecular complexity index is 1820. The van der Waals surface area contributed by atoms with Gasteiger partial charge in [-0.1, -0.05) is 84.9 Å². The number of aryl methyl sites for hydroxylation is 2. The molecular formula is C39H48N4O2. The van der Waals surface area contributed by atoms with Crippen LogP contribution in [0, 0.1) is 10.8 Å². The maximum absolute atomic E-state index is 12.8. The van der Waals surface area contributed by atoms with Gasteiger partial charge in [0, 0.05) is 29.3 Å². The molecule has 6 heteroatoms. The zero-order valence-corrected chi connectivity index (χ0v) is 28.6. The molecule has 0 spiro atoms. The van der Waals surface area contributed by atoms with Gasteiger partial charge in [0.25, 0.3) is 0 Å². The first-order chi connectivity index (χ1) is 21.0. The summed E-state index contributed by atoms with van der Waals surface area (Å²) < 4.78 is 5.59. The summed E-state index contributed by atoms with van der Waals surface area (Å²) >= 11 is 0. The molecule has 0 saturated heterocycles. The fourth-order valence-electron chi connectivity index (χ4n) is 6.54. The first-order valence-electron chi connectivity index (χ1n) is 16.3. The number of hydrogen-bond acceptors (Lipinski definition) is 4. The summed E-state index contributed by atoms with van der Waals surface area (Å²) in [5.41, 5.74) is 9.95. The Morgan fingerprint density at radius 3 is 2.29 bits per heavy atom. The Labute approximate surface area is 268 Å². The second kappa shape index (κ2) is 10.9. The van der Waals surface area contributed by atoms with Gasteiger partial charge in [0.05, 0.1) is 17.4 Å². The van der Waals surface area contributed by atoms with Crippen molar-refractivity contribution in [1.82, 2.24) is 15.3 Å². The summed E-state index contributed by atoms with van der Waals surface area (Å²) in [5, 5.41) is 5.52. The van der Waals surface area contributed by atoms with Gasteiger partial charge in [0.1, 0.15) is 11.4 Å². The van der Waals surface area contributed by atoms with Crippen molar-refractivity contribution in [1.29, 1.82) is 0 Å². The predicted octanol–water partition coefficient (Wildman–Crippen LogP) is 9.71. The van der Waals surface area contributed by atoms with E-state index < -0.39 is 11.7 Å². The third-order valence-corrected chi connectivity index (χ3v) is 9.43. The molecule has 45 heavy (non-hydrogen) atoms. The molecule has 1 aliphatic carbocycles. The van der Waals surface area contributed by atoms with Gasteiger partial charge in [-0.2, -0.15) is 0 Å². The summed E-state index contributed by atoms with van der Waals surface area (Å²) in [6.07, 6.45) is 2.28. The average Bonchev–Trinajstić information content (AvgIpc) is 3.57. The number of carbonyl (C=O) groups is 1. The lowest BCUT2D eigenvalue weighted by Crippen LogP contribution is -2.50. The standard InChI is InChI=1S/C39H48N4O2/c1-22(37(2,3)4)35-41-31-18-14-26-20-24(12-16-28(26)33(31)42-35)23-11-15-27-25(19-23)13-17-30-29(27)21-32(40-30)34(38(5,6)7)43-36(44)45-39(8,9)10/h11-13,15-17,19-20,22,34H,14,18,21H2,1-10H3,(H,41,42)(H,43,44)/t22-,34-/m1/s1. The summed E-state index contributed by atoms with van der Waals surface area (Å²) in [7, 11) is 0. The highest BCUT2D eigenvalue weighted by molar-refractivity contribution is 6.05. The van der Waals surface area contributed by atoms with Gasteiger partial charge in [-0.25, -0.2) is 9.78 Å². The van der Waals surface area contributed by atoms with Crippen LogP contribution in [-0.2, 0) is 24.0 Å². The summed E-state index contributed by atoms with van der Waals surface area (Å²) in [5.74, 6) is 1.44. The maximum atomic E-state index is 12.8. The molecule has 2 N–H and O–H groups in total. The number of carbonyl (C=O) groups excluding carboxylic acids is 1. The second-order valence-corrected chi connectivity index (χ2v) is 16.1. The number of fused-ring (bicyclic) bond motifs is 6. The number of aromatic amines is 1. The molecule has 2 aliphatic rings. The lowest BCUT2D eigenvalue weighted by Gasteiger charge is -2.32. The lowest BCUT2D eigenvalue weighted by atomic mass is 9.82. The van der Waals surface area contributed by atoms with Crippen molar-refractivity contribution in [3.05, 3.63) is 71.2 Å². The molecule has 2 atom stereocenters. The summed E-state index contributed by atoms with van der Waals surface area (Å²) in [6.45, 7) is 21.1. The molecule has 0 bridgehead atoms. The van der Waals surface area contributed by atoms with E-state index in [2.05, 4.69) is 107 Å². The zero-order valence-electron chi connectivity index (χ0n) is 28.6. The predicted molar refractivity (Wildman–Crippen MR) is 186 cm³/mol. The molecule has 0 unspecified atom stereocenters. The van der Waals surface area contributed by atoms with Crippen LogP contribution in [0.4, 0.5) is 10.5 Å². The number of imidazole rings is 1. The molecule has 0 radical (unpaired) electrons. The van der Waals surface area contributed by atoms with Crippen LogP contribution in [-0.4, -0.2) is 33.4 Å². The van der Waals surface area contributed by atoms with Crippen LogP contribution in [0.1, 0.15) is 97.8 Å². The van der Waals surface area contributed by atoms with Gasteiger partial charge >= 0.3 is 6.09 Å². The highest BCUT2D eigenvalue weighted by Gasteiger charge is 2.35. The molecule has 6 nitrogen and oxygen atoms in total. The van der Waals surface area contributed by atoms with Crippen LogP contribution in [0.15, 0.2) is 53.5 Å². The minimum atomic E-state index is -0.560. The zero-order chi connectivity index (χ0) is 32.5. The quantitative estimate of drug-likeness (QED) is 0.243. The van der Waals surface area contributed by atoms with E-state index in [-0.39, 0.29) is 16.9 Å². The number of nitrogens with one attached hydrogen (secondary N) is 2.